The Kier molecular flexibility index (Phi) is 4.20. The van der Waals surface area contributed by atoms with Gasteiger partial charge in [-0.15, -0.1) is 11.3 Å². The molecule has 0 N–H and O–H groups in total. The molecule has 82 valence electrons. The molecule has 0 aliphatic heterocycles. The van der Waals surface area contributed by atoms with Crippen LogP contribution in [0.4, 0.5) is 0 Å². The van der Waals surface area contributed by atoms with Gasteiger partial charge in [0.15, 0.2) is 4.34 Å². The van der Waals surface area contributed by atoms with Crippen molar-refractivity contribution in [1.82, 2.24) is 4.98 Å². The van der Waals surface area contributed by atoms with Crippen molar-refractivity contribution in [3.05, 3.63) is 24.3 Å². The lowest BCUT2D eigenvalue weighted by Gasteiger charge is -1.94. The molecule has 0 aliphatic rings. The van der Waals surface area contributed by atoms with Crippen LogP contribution < -0.4 is 0 Å². The van der Waals surface area contributed by atoms with Gasteiger partial charge in [0.2, 0.25) is 0 Å². The average Bonchev–Trinajstić information content (AvgIpc) is 2.71. The van der Waals surface area contributed by atoms with Gasteiger partial charge in [-0.2, -0.15) is 5.26 Å². The van der Waals surface area contributed by atoms with E-state index in [-0.39, 0.29) is 0 Å². The predicted octanol–water partition coefficient (Wildman–Crippen LogP) is 4.08. The van der Waals surface area contributed by atoms with E-state index in [0.29, 0.717) is 6.42 Å². The van der Waals surface area contributed by atoms with E-state index in [1.807, 2.05) is 18.2 Å². The number of benzene rings is 1. The molecule has 0 unspecified atom stereocenters. The topological polar surface area (TPSA) is 36.7 Å². The van der Waals surface area contributed by atoms with Crippen LogP contribution in [0, 0.1) is 11.3 Å². The average molecular weight is 248 g/mol. The van der Waals surface area contributed by atoms with E-state index in [9.17, 15) is 0 Å². The highest BCUT2D eigenvalue weighted by Gasteiger charge is 2.02. The van der Waals surface area contributed by atoms with Crippen molar-refractivity contribution in [2.75, 3.05) is 5.75 Å². The Labute approximate surface area is 103 Å². The van der Waals surface area contributed by atoms with E-state index in [0.717, 1.165) is 28.5 Å². The summed E-state index contributed by atoms with van der Waals surface area (Å²) in [6.07, 6.45) is 2.75. The van der Waals surface area contributed by atoms with Gasteiger partial charge in [-0.25, -0.2) is 4.98 Å². The summed E-state index contributed by atoms with van der Waals surface area (Å²) >= 11 is 3.54. The lowest BCUT2D eigenvalue weighted by atomic mass is 10.3. The summed E-state index contributed by atoms with van der Waals surface area (Å²) in [4.78, 5) is 4.55. The molecule has 0 atom stereocenters. The summed E-state index contributed by atoms with van der Waals surface area (Å²) in [6, 6.07) is 10.4. The van der Waals surface area contributed by atoms with Crippen LogP contribution in [0.5, 0.6) is 0 Å². The molecular formula is C12H12N2S2. The molecule has 2 nitrogen and oxygen atoms in total. The van der Waals surface area contributed by atoms with Crippen molar-refractivity contribution >= 4 is 33.3 Å². The summed E-state index contributed by atoms with van der Waals surface area (Å²) in [5.41, 5.74) is 1.09. The maximum Gasteiger partial charge on any atom is 0.151 e. The highest BCUT2D eigenvalue weighted by atomic mass is 32.2. The molecule has 0 fully saturated rings. The number of rotatable bonds is 5. The van der Waals surface area contributed by atoms with Crippen LogP contribution in [-0.4, -0.2) is 10.7 Å². The van der Waals surface area contributed by atoms with Gasteiger partial charge in [0.1, 0.15) is 0 Å². The van der Waals surface area contributed by atoms with Gasteiger partial charge in [-0.05, 0) is 25.0 Å². The number of unbranched alkanes of at least 4 members (excludes halogenated alkanes) is 2. The fraction of sp³-hybridized carbons (Fsp3) is 0.333. The van der Waals surface area contributed by atoms with E-state index in [1.165, 1.54) is 4.70 Å². The molecule has 0 radical (unpaired) electrons. The van der Waals surface area contributed by atoms with Gasteiger partial charge in [-0.1, -0.05) is 23.9 Å². The van der Waals surface area contributed by atoms with Gasteiger partial charge >= 0.3 is 0 Å². The SMILES string of the molecule is N#CCCCCSc1nc2ccccc2s1. The number of nitrogens with zero attached hydrogens (tertiary/aromatic N) is 2. The third-order valence-electron chi connectivity index (χ3n) is 2.18. The monoisotopic (exact) mass is 248 g/mol. The van der Waals surface area contributed by atoms with E-state index < -0.39 is 0 Å². The zero-order chi connectivity index (χ0) is 11.2. The quantitative estimate of drug-likeness (QED) is 0.591. The number of fused-ring (bicyclic) bond motifs is 1. The molecule has 1 aromatic heterocycles. The molecule has 0 bridgehead atoms. The van der Waals surface area contributed by atoms with Crippen LogP contribution in [0.15, 0.2) is 28.6 Å². The molecular weight excluding hydrogens is 236 g/mol. The Morgan fingerprint density at radius 2 is 2.19 bits per heavy atom. The lowest BCUT2D eigenvalue weighted by Crippen LogP contribution is -1.79. The molecule has 0 spiro atoms. The molecule has 2 rings (SSSR count). The second kappa shape index (κ2) is 5.88. The van der Waals surface area contributed by atoms with Crippen molar-refractivity contribution in [2.24, 2.45) is 0 Å². The normalized spacial score (nSPS) is 10.4. The van der Waals surface area contributed by atoms with E-state index in [4.69, 9.17) is 5.26 Å². The number of hydrogen-bond acceptors (Lipinski definition) is 4. The second-order valence-corrected chi connectivity index (χ2v) is 5.78. The van der Waals surface area contributed by atoms with E-state index >= 15 is 0 Å². The molecule has 0 amide bonds. The number of hydrogen-bond donors (Lipinski definition) is 0. The van der Waals surface area contributed by atoms with Crippen LogP contribution in [0.25, 0.3) is 10.2 Å². The fourth-order valence-corrected chi connectivity index (χ4v) is 3.52. The first kappa shape index (κ1) is 11.4. The smallest absolute Gasteiger partial charge is 0.151 e. The first-order valence-electron chi connectivity index (χ1n) is 5.25. The van der Waals surface area contributed by atoms with Gasteiger partial charge in [0.05, 0.1) is 16.3 Å². The van der Waals surface area contributed by atoms with E-state index in [1.54, 1.807) is 23.1 Å². The zero-order valence-electron chi connectivity index (χ0n) is 8.85. The summed E-state index contributed by atoms with van der Waals surface area (Å²) in [6.45, 7) is 0. The highest BCUT2D eigenvalue weighted by Crippen LogP contribution is 2.29. The minimum atomic E-state index is 0.667. The summed E-state index contributed by atoms with van der Waals surface area (Å²) < 4.78 is 2.39. The van der Waals surface area contributed by atoms with Crippen molar-refractivity contribution < 1.29 is 0 Å². The summed E-state index contributed by atoms with van der Waals surface area (Å²) in [7, 11) is 0. The molecule has 4 heteroatoms. The number of para-hydroxylation sites is 1. The van der Waals surface area contributed by atoms with Crippen LogP contribution >= 0.6 is 23.1 Å². The molecule has 0 saturated heterocycles. The zero-order valence-corrected chi connectivity index (χ0v) is 10.5. The summed E-state index contributed by atoms with van der Waals surface area (Å²) in [5.74, 6) is 1.06. The molecule has 0 saturated carbocycles. The minimum absolute atomic E-state index is 0.667. The van der Waals surface area contributed by atoms with Crippen molar-refractivity contribution in [2.45, 2.75) is 23.6 Å². The Bertz CT molecular complexity index is 466. The Morgan fingerprint density at radius 1 is 1.31 bits per heavy atom. The first-order chi connectivity index (χ1) is 7.90. The number of thioether (sulfide) groups is 1. The number of aromatic nitrogens is 1. The van der Waals surface area contributed by atoms with Gasteiger partial charge in [0.25, 0.3) is 0 Å². The Balaban J connectivity index is 1.88. The van der Waals surface area contributed by atoms with Gasteiger partial charge in [-0.3, -0.25) is 0 Å². The number of nitriles is 1. The maximum absolute atomic E-state index is 8.41. The second-order valence-electron chi connectivity index (χ2n) is 3.41. The van der Waals surface area contributed by atoms with Crippen molar-refractivity contribution in [1.29, 1.82) is 5.26 Å². The third-order valence-corrected chi connectivity index (χ3v) is 4.45. The molecule has 16 heavy (non-hydrogen) atoms. The lowest BCUT2D eigenvalue weighted by molar-refractivity contribution is 0.830. The van der Waals surface area contributed by atoms with Crippen LogP contribution in [0.3, 0.4) is 0 Å². The fourth-order valence-electron chi connectivity index (χ4n) is 1.38. The minimum Gasteiger partial charge on any atom is -0.230 e. The Morgan fingerprint density at radius 3 is 3.00 bits per heavy atom. The predicted molar refractivity (Wildman–Crippen MR) is 69.8 cm³/mol. The molecule has 0 aliphatic carbocycles. The van der Waals surface area contributed by atoms with Gasteiger partial charge < -0.3 is 0 Å². The van der Waals surface area contributed by atoms with Crippen LogP contribution in [-0.2, 0) is 0 Å². The van der Waals surface area contributed by atoms with Crippen molar-refractivity contribution in [3.8, 4) is 6.07 Å². The third kappa shape index (κ3) is 2.97. The van der Waals surface area contributed by atoms with Crippen molar-refractivity contribution in [3.63, 3.8) is 0 Å². The summed E-state index contributed by atoms with van der Waals surface area (Å²) in [5, 5.41) is 8.41. The maximum atomic E-state index is 8.41. The van der Waals surface area contributed by atoms with E-state index in [2.05, 4.69) is 17.1 Å². The van der Waals surface area contributed by atoms with Crippen LogP contribution in [0.1, 0.15) is 19.3 Å². The standard InChI is InChI=1S/C12H12N2S2/c13-8-4-1-5-9-15-12-14-10-6-2-3-7-11(10)16-12/h2-3,6-7H,1,4-5,9H2. The number of thiazole rings is 1. The Hall–Kier alpha value is -1.05. The molecule has 1 heterocycles. The largest absolute Gasteiger partial charge is 0.230 e. The molecule has 1 aromatic carbocycles. The van der Waals surface area contributed by atoms with Crippen LogP contribution in [0.2, 0.25) is 0 Å². The van der Waals surface area contributed by atoms with Gasteiger partial charge in [0, 0.05) is 12.2 Å². The highest BCUT2D eigenvalue weighted by molar-refractivity contribution is 8.01. The molecule has 2 aromatic rings. The first-order valence-corrected chi connectivity index (χ1v) is 7.05.